The molecule has 1 aliphatic heterocycles. The van der Waals surface area contributed by atoms with Crippen LogP contribution < -0.4 is 5.32 Å². The van der Waals surface area contributed by atoms with Crippen molar-refractivity contribution < 1.29 is 4.79 Å². The lowest BCUT2D eigenvalue weighted by atomic mass is 10.2. The van der Waals surface area contributed by atoms with Crippen LogP contribution in [0.3, 0.4) is 0 Å². The predicted molar refractivity (Wildman–Crippen MR) is 68.7 cm³/mol. The SMILES string of the molecule is CC1SCCN(C(=O)CNCC2CC2)C1C. The van der Waals surface area contributed by atoms with Crippen molar-refractivity contribution in [1.82, 2.24) is 10.2 Å². The van der Waals surface area contributed by atoms with E-state index in [1.165, 1.54) is 12.8 Å². The summed E-state index contributed by atoms with van der Waals surface area (Å²) in [7, 11) is 0. The fourth-order valence-corrected chi connectivity index (χ4v) is 3.19. The second-order valence-corrected chi connectivity index (χ2v) is 6.46. The van der Waals surface area contributed by atoms with Crippen molar-refractivity contribution in [1.29, 1.82) is 0 Å². The molecule has 0 spiro atoms. The first-order valence-electron chi connectivity index (χ1n) is 6.30. The van der Waals surface area contributed by atoms with Crippen molar-refractivity contribution >= 4 is 17.7 Å². The molecule has 0 bridgehead atoms. The summed E-state index contributed by atoms with van der Waals surface area (Å²) in [6, 6.07) is 0.383. The van der Waals surface area contributed by atoms with Crippen LogP contribution in [-0.4, -0.2) is 47.5 Å². The van der Waals surface area contributed by atoms with Crippen molar-refractivity contribution in [2.75, 3.05) is 25.4 Å². The van der Waals surface area contributed by atoms with Gasteiger partial charge in [-0.05, 0) is 32.2 Å². The summed E-state index contributed by atoms with van der Waals surface area (Å²) in [4.78, 5) is 14.1. The normalized spacial score (nSPS) is 30.5. The number of rotatable bonds is 4. The Morgan fingerprint density at radius 3 is 2.88 bits per heavy atom. The molecule has 1 amide bonds. The van der Waals surface area contributed by atoms with E-state index in [9.17, 15) is 4.79 Å². The van der Waals surface area contributed by atoms with E-state index >= 15 is 0 Å². The third-order valence-electron chi connectivity index (χ3n) is 3.61. The van der Waals surface area contributed by atoms with E-state index in [0.717, 1.165) is 24.8 Å². The minimum absolute atomic E-state index is 0.278. The Bertz CT molecular complexity index is 255. The number of hydrogen-bond acceptors (Lipinski definition) is 3. The molecule has 0 radical (unpaired) electrons. The lowest BCUT2D eigenvalue weighted by Gasteiger charge is -2.37. The topological polar surface area (TPSA) is 32.3 Å². The van der Waals surface area contributed by atoms with E-state index in [4.69, 9.17) is 0 Å². The van der Waals surface area contributed by atoms with Crippen molar-refractivity contribution in [3.8, 4) is 0 Å². The van der Waals surface area contributed by atoms with E-state index in [0.29, 0.717) is 17.8 Å². The van der Waals surface area contributed by atoms with Crippen LogP contribution >= 0.6 is 11.8 Å². The third-order valence-corrected chi connectivity index (χ3v) is 4.95. The van der Waals surface area contributed by atoms with Gasteiger partial charge in [0.05, 0.1) is 6.54 Å². The number of carbonyl (C=O) groups excluding carboxylic acids is 1. The Balaban J connectivity index is 1.73. The van der Waals surface area contributed by atoms with Crippen molar-refractivity contribution in [3.63, 3.8) is 0 Å². The van der Waals surface area contributed by atoms with Gasteiger partial charge in [-0.25, -0.2) is 0 Å². The van der Waals surface area contributed by atoms with Gasteiger partial charge in [-0.3, -0.25) is 4.79 Å². The highest BCUT2D eigenvalue weighted by Crippen LogP contribution is 2.27. The highest BCUT2D eigenvalue weighted by molar-refractivity contribution is 8.00. The van der Waals surface area contributed by atoms with Gasteiger partial charge in [-0.15, -0.1) is 0 Å². The molecule has 1 heterocycles. The molecule has 2 rings (SSSR count). The molecule has 0 aromatic carbocycles. The summed E-state index contributed by atoms with van der Waals surface area (Å²) < 4.78 is 0. The van der Waals surface area contributed by atoms with E-state index in [1.54, 1.807) is 0 Å². The van der Waals surface area contributed by atoms with Gasteiger partial charge in [-0.1, -0.05) is 6.92 Å². The first kappa shape index (κ1) is 12.2. The Morgan fingerprint density at radius 2 is 2.19 bits per heavy atom. The zero-order chi connectivity index (χ0) is 11.5. The van der Waals surface area contributed by atoms with Crippen LogP contribution in [0, 0.1) is 5.92 Å². The fraction of sp³-hybridized carbons (Fsp3) is 0.917. The fourth-order valence-electron chi connectivity index (χ4n) is 2.09. The predicted octanol–water partition coefficient (Wildman–Crippen LogP) is 1.34. The largest absolute Gasteiger partial charge is 0.337 e. The van der Waals surface area contributed by atoms with Crippen molar-refractivity contribution in [3.05, 3.63) is 0 Å². The Labute approximate surface area is 102 Å². The minimum Gasteiger partial charge on any atom is -0.337 e. The van der Waals surface area contributed by atoms with E-state index in [1.807, 2.05) is 16.7 Å². The van der Waals surface area contributed by atoms with Gasteiger partial charge in [0.25, 0.3) is 0 Å². The molecule has 0 aromatic heterocycles. The molecule has 2 atom stereocenters. The molecule has 1 saturated heterocycles. The quantitative estimate of drug-likeness (QED) is 0.807. The molecule has 1 saturated carbocycles. The van der Waals surface area contributed by atoms with Crippen molar-refractivity contribution in [2.45, 2.75) is 38.0 Å². The average molecular weight is 242 g/mol. The molecule has 2 aliphatic rings. The van der Waals surface area contributed by atoms with Gasteiger partial charge >= 0.3 is 0 Å². The van der Waals surface area contributed by atoms with Gasteiger partial charge in [0.15, 0.2) is 0 Å². The van der Waals surface area contributed by atoms with Gasteiger partial charge in [0, 0.05) is 23.6 Å². The van der Waals surface area contributed by atoms with Gasteiger partial charge < -0.3 is 10.2 Å². The summed E-state index contributed by atoms with van der Waals surface area (Å²) >= 11 is 1.97. The number of carbonyl (C=O) groups is 1. The monoisotopic (exact) mass is 242 g/mol. The summed E-state index contributed by atoms with van der Waals surface area (Å²) in [6.07, 6.45) is 2.68. The first-order valence-corrected chi connectivity index (χ1v) is 7.35. The molecular formula is C12H22N2OS. The summed E-state index contributed by atoms with van der Waals surface area (Å²) in [5, 5.41) is 3.85. The smallest absolute Gasteiger partial charge is 0.236 e. The first-order chi connectivity index (χ1) is 7.68. The molecule has 1 N–H and O–H groups in total. The van der Waals surface area contributed by atoms with Crippen LogP contribution in [0.2, 0.25) is 0 Å². The standard InChI is InChI=1S/C12H22N2OS/c1-9-10(2)16-6-5-14(9)12(15)8-13-7-11-3-4-11/h9-11,13H,3-8H2,1-2H3. The van der Waals surface area contributed by atoms with Crippen LogP contribution in [0.4, 0.5) is 0 Å². The molecular weight excluding hydrogens is 220 g/mol. The number of amides is 1. The summed E-state index contributed by atoms with van der Waals surface area (Å²) in [5.74, 6) is 2.21. The number of thioether (sulfide) groups is 1. The zero-order valence-electron chi connectivity index (χ0n) is 10.2. The van der Waals surface area contributed by atoms with Crippen LogP contribution in [0.1, 0.15) is 26.7 Å². The average Bonchev–Trinajstić information content (AvgIpc) is 3.06. The lowest BCUT2D eigenvalue weighted by Crippen LogP contribution is -2.50. The second-order valence-electron chi connectivity index (χ2n) is 4.98. The molecule has 2 unspecified atom stereocenters. The summed E-state index contributed by atoms with van der Waals surface area (Å²) in [5.41, 5.74) is 0. The minimum atomic E-state index is 0.278. The Kier molecular flexibility index (Phi) is 4.14. The molecule has 92 valence electrons. The molecule has 2 fully saturated rings. The maximum Gasteiger partial charge on any atom is 0.236 e. The van der Waals surface area contributed by atoms with Crippen LogP contribution in [0.5, 0.6) is 0 Å². The third kappa shape index (κ3) is 3.14. The van der Waals surface area contributed by atoms with Gasteiger partial charge in [-0.2, -0.15) is 11.8 Å². The molecule has 16 heavy (non-hydrogen) atoms. The zero-order valence-corrected chi connectivity index (χ0v) is 11.1. The number of nitrogens with one attached hydrogen (secondary N) is 1. The van der Waals surface area contributed by atoms with Crippen LogP contribution in [0.15, 0.2) is 0 Å². The Hall–Kier alpha value is -0.220. The summed E-state index contributed by atoms with van der Waals surface area (Å²) in [6.45, 7) is 6.85. The van der Waals surface area contributed by atoms with E-state index in [2.05, 4.69) is 19.2 Å². The molecule has 3 nitrogen and oxygen atoms in total. The maximum atomic E-state index is 12.0. The molecule has 0 aromatic rings. The van der Waals surface area contributed by atoms with E-state index < -0.39 is 0 Å². The van der Waals surface area contributed by atoms with Gasteiger partial charge in [0.2, 0.25) is 5.91 Å². The molecule has 4 heteroatoms. The number of nitrogens with zero attached hydrogens (tertiary/aromatic N) is 1. The highest BCUT2D eigenvalue weighted by Gasteiger charge is 2.28. The number of hydrogen-bond donors (Lipinski definition) is 1. The van der Waals surface area contributed by atoms with Crippen molar-refractivity contribution in [2.24, 2.45) is 5.92 Å². The van der Waals surface area contributed by atoms with E-state index in [-0.39, 0.29) is 5.91 Å². The highest BCUT2D eigenvalue weighted by atomic mass is 32.2. The maximum absolute atomic E-state index is 12.0. The second kappa shape index (κ2) is 5.41. The lowest BCUT2D eigenvalue weighted by molar-refractivity contribution is -0.132. The van der Waals surface area contributed by atoms with Gasteiger partial charge in [0.1, 0.15) is 0 Å². The van der Waals surface area contributed by atoms with Crippen LogP contribution in [-0.2, 0) is 4.79 Å². The Morgan fingerprint density at radius 1 is 1.44 bits per heavy atom. The van der Waals surface area contributed by atoms with Crippen LogP contribution in [0.25, 0.3) is 0 Å². The molecule has 1 aliphatic carbocycles.